The topological polar surface area (TPSA) is 53.7 Å². The molecule has 4 rings (SSSR count). The van der Waals surface area contributed by atoms with Gasteiger partial charge in [0.25, 0.3) is 0 Å². The lowest BCUT2D eigenvalue weighted by atomic mass is 9.95. The van der Waals surface area contributed by atoms with Gasteiger partial charge in [0.2, 0.25) is 0 Å². The molecule has 1 aliphatic heterocycles. The summed E-state index contributed by atoms with van der Waals surface area (Å²) in [5.74, 6) is 0.354. The van der Waals surface area contributed by atoms with E-state index in [1.807, 2.05) is 0 Å². The zero-order valence-electron chi connectivity index (χ0n) is 13.5. The predicted molar refractivity (Wildman–Crippen MR) is 89.6 cm³/mol. The molecule has 2 aliphatic rings. The van der Waals surface area contributed by atoms with E-state index in [1.165, 1.54) is 17.5 Å². The molecule has 4 heteroatoms. The first-order valence-electron chi connectivity index (χ1n) is 8.59. The summed E-state index contributed by atoms with van der Waals surface area (Å²) in [6, 6.07) is 5.88. The van der Waals surface area contributed by atoms with Crippen molar-refractivity contribution in [3.8, 4) is 0 Å². The van der Waals surface area contributed by atoms with Gasteiger partial charge in [-0.25, -0.2) is 4.79 Å². The van der Waals surface area contributed by atoms with Gasteiger partial charge < -0.3 is 9.52 Å². The Morgan fingerprint density at radius 1 is 1.26 bits per heavy atom. The molecule has 0 saturated carbocycles. The molecule has 4 nitrogen and oxygen atoms in total. The van der Waals surface area contributed by atoms with Crippen molar-refractivity contribution < 1.29 is 9.52 Å². The quantitative estimate of drug-likeness (QED) is 0.866. The molecule has 2 aromatic rings. The van der Waals surface area contributed by atoms with Crippen LogP contribution in [0.1, 0.15) is 36.5 Å². The van der Waals surface area contributed by atoms with Crippen molar-refractivity contribution in [2.75, 3.05) is 13.1 Å². The Morgan fingerprint density at radius 3 is 2.83 bits per heavy atom. The highest BCUT2D eigenvalue weighted by molar-refractivity contribution is 5.82. The standard InChI is InChI=1S/C19H23NO3/c1-12-5-6-20(11-17(12)21)10-15-9-19(22)23-18-8-14-4-2-3-13(14)7-16(15)18/h7-9,12,17,21H,2-6,10-11H2,1H3. The summed E-state index contributed by atoms with van der Waals surface area (Å²) in [6.45, 7) is 4.43. The Balaban J connectivity index is 1.70. The van der Waals surface area contributed by atoms with Crippen LogP contribution in [-0.2, 0) is 19.4 Å². The summed E-state index contributed by atoms with van der Waals surface area (Å²) in [7, 11) is 0. The van der Waals surface area contributed by atoms with Gasteiger partial charge in [-0.15, -0.1) is 0 Å². The van der Waals surface area contributed by atoms with E-state index in [4.69, 9.17) is 4.42 Å². The molecular formula is C19H23NO3. The number of aryl methyl sites for hydroxylation is 2. The van der Waals surface area contributed by atoms with Gasteiger partial charge in [0, 0.05) is 24.5 Å². The van der Waals surface area contributed by atoms with E-state index in [0.717, 1.165) is 36.8 Å². The van der Waals surface area contributed by atoms with Gasteiger partial charge in [-0.1, -0.05) is 6.92 Å². The fraction of sp³-hybridized carbons (Fsp3) is 0.526. The summed E-state index contributed by atoms with van der Waals surface area (Å²) >= 11 is 0. The summed E-state index contributed by atoms with van der Waals surface area (Å²) in [5, 5.41) is 11.2. The largest absolute Gasteiger partial charge is 0.423 e. The lowest BCUT2D eigenvalue weighted by Gasteiger charge is -2.34. The van der Waals surface area contributed by atoms with Crippen LogP contribution in [0.3, 0.4) is 0 Å². The monoisotopic (exact) mass is 313 g/mol. The van der Waals surface area contributed by atoms with Gasteiger partial charge in [0.05, 0.1) is 6.10 Å². The fourth-order valence-corrected chi connectivity index (χ4v) is 3.92. The molecule has 1 aromatic carbocycles. The van der Waals surface area contributed by atoms with Crippen molar-refractivity contribution in [3.05, 3.63) is 45.3 Å². The second-order valence-corrected chi connectivity index (χ2v) is 7.13. The zero-order valence-corrected chi connectivity index (χ0v) is 13.5. The molecular weight excluding hydrogens is 290 g/mol. The number of rotatable bonds is 2. The highest BCUT2D eigenvalue weighted by atomic mass is 16.4. The minimum absolute atomic E-state index is 0.278. The lowest BCUT2D eigenvalue weighted by molar-refractivity contribution is 0.0260. The molecule has 2 heterocycles. The Labute approximate surface area is 135 Å². The van der Waals surface area contributed by atoms with Crippen LogP contribution in [0, 0.1) is 5.92 Å². The Bertz CT molecular complexity index is 795. The Hall–Kier alpha value is -1.65. The third-order valence-corrected chi connectivity index (χ3v) is 5.44. The van der Waals surface area contributed by atoms with Crippen LogP contribution in [0.5, 0.6) is 0 Å². The van der Waals surface area contributed by atoms with Crippen LogP contribution >= 0.6 is 0 Å². The molecule has 0 radical (unpaired) electrons. The predicted octanol–water partition coefficient (Wildman–Crippen LogP) is 2.48. The number of hydrogen-bond donors (Lipinski definition) is 1. The first kappa shape index (κ1) is 14.9. The molecule has 2 atom stereocenters. The molecule has 1 N–H and O–H groups in total. The Kier molecular flexibility index (Phi) is 3.74. The van der Waals surface area contributed by atoms with Gasteiger partial charge in [-0.05, 0) is 67.0 Å². The van der Waals surface area contributed by atoms with Gasteiger partial charge in [-0.3, -0.25) is 4.90 Å². The van der Waals surface area contributed by atoms with E-state index in [0.29, 0.717) is 24.6 Å². The van der Waals surface area contributed by atoms with Crippen LogP contribution in [0.25, 0.3) is 11.0 Å². The molecule has 1 saturated heterocycles. The van der Waals surface area contributed by atoms with Crippen molar-refractivity contribution in [2.45, 2.75) is 45.3 Å². The number of fused-ring (bicyclic) bond motifs is 2. The van der Waals surface area contributed by atoms with E-state index in [-0.39, 0.29) is 11.7 Å². The molecule has 1 aromatic heterocycles. The number of aliphatic hydroxyl groups is 1. The van der Waals surface area contributed by atoms with E-state index in [2.05, 4.69) is 24.0 Å². The van der Waals surface area contributed by atoms with Crippen LogP contribution in [0.15, 0.2) is 27.4 Å². The molecule has 0 amide bonds. The Morgan fingerprint density at radius 2 is 2.04 bits per heavy atom. The third-order valence-electron chi connectivity index (χ3n) is 5.44. The number of likely N-dealkylation sites (tertiary alicyclic amines) is 1. The van der Waals surface area contributed by atoms with Crippen LogP contribution in [0.2, 0.25) is 0 Å². The first-order valence-corrected chi connectivity index (χ1v) is 8.59. The molecule has 0 bridgehead atoms. The average Bonchev–Trinajstić information content (AvgIpc) is 2.96. The van der Waals surface area contributed by atoms with E-state index < -0.39 is 0 Å². The molecule has 0 spiro atoms. The van der Waals surface area contributed by atoms with Crippen LogP contribution < -0.4 is 5.63 Å². The number of nitrogens with zero attached hydrogens (tertiary/aromatic N) is 1. The maximum Gasteiger partial charge on any atom is 0.336 e. The smallest absolute Gasteiger partial charge is 0.336 e. The second-order valence-electron chi connectivity index (χ2n) is 7.13. The fourth-order valence-electron chi connectivity index (χ4n) is 3.92. The number of piperidine rings is 1. The summed E-state index contributed by atoms with van der Waals surface area (Å²) in [6.07, 6.45) is 4.09. The third kappa shape index (κ3) is 2.81. The summed E-state index contributed by atoms with van der Waals surface area (Å²) in [5.41, 5.74) is 4.16. The summed E-state index contributed by atoms with van der Waals surface area (Å²) in [4.78, 5) is 14.2. The number of aliphatic hydroxyl groups excluding tert-OH is 1. The number of benzene rings is 1. The average molecular weight is 313 g/mol. The van der Waals surface area contributed by atoms with E-state index >= 15 is 0 Å². The van der Waals surface area contributed by atoms with Crippen LogP contribution in [0.4, 0.5) is 0 Å². The van der Waals surface area contributed by atoms with Crippen LogP contribution in [-0.4, -0.2) is 29.2 Å². The van der Waals surface area contributed by atoms with Crippen molar-refractivity contribution in [1.82, 2.24) is 4.90 Å². The highest BCUT2D eigenvalue weighted by Gasteiger charge is 2.25. The molecule has 23 heavy (non-hydrogen) atoms. The van der Waals surface area contributed by atoms with Gasteiger partial charge >= 0.3 is 5.63 Å². The van der Waals surface area contributed by atoms with Crippen molar-refractivity contribution in [2.24, 2.45) is 5.92 Å². The highest BCUT2D eigenvalue weighted by Crippen LogP contribution is 2.29. The second kappa shape index (κ2) is 5.77. The minimum atomic E-state index is -0.281. The number of hydrogen-bond acceptors (Lipinski definition) is 4. The van der Waals surface area contributed by atoms with Crippen molar-refractivity contribution in [1.29, 1.82) is 0 Å². The molecule has 122 valence electrons. The number of β-amino-alcohol motifs (C(OH)–C–C–N with tert-alkyl or cyclic N) is 1. The lowest BCUT2D eigenvalue weighted by Crippen LogP contribution is -2.42. The minimum Gasteiger partial charge on any atom is -0.423 e. The molecule has 1 aliphatic carbocycles. The SMILES string of the molecule is CC1CCN(Cc2cc(=O)oc3cc4c(cc23)CCC4)CC1O. The van der Waals surface area contributed by atoms with Crippen molar-refractivity contribution >= 4 is 11.0 Å². The van der Waals surface area contributed by atoms with Gasteiger partial charge in [-0.2, -0.15) is 0 Å². The van der Waals surface area contributed by atoms with E-state index in [1.54, 1.807) is 6.07 Å². The maximum absolute atomic E-state index is 11.9. The molecule has 1 fully saturated rings. The van der Waals surface area contributed by atoms with Gasteiger partial charge in [0.1, 0.15) is 5.58 Å². The maximum atomic E-state index is 11.9. The van der Waals surface area contributed by atoms with Gasteiger partial charge in [0.15, 0.2) is 0 Å². The molecule has 2 unspecified atom stereocenters. The van der Waals surface area contributed by atoms with Crippen molar-refractivity contribution in [3.63, 3.8) is 0 Å². The summed E-state index contributed by atoms with van der Waals surface area (Å²) < 4.78 is 5.43. The van der Waals surface area contributed by atoms with E-state index in [9.17, 15) is 9.90 Å². The normalized spacial score (nSPS) is 25.0. The zero-order chi connectivity index (χ0) is 16.0. The first-order chi connectivity index (χ1) is 11.1.